The van der Waals surface area contributed by atoms with E-state index in [4.69, 9.17) is 0 Å². The molecule has 1 atom stereocenters. The molecular formula is C21H26N+. The maximum absolute atomic E-state index is 2.47. The van der Waals surface area contributed by atoms with Gasteiger partial charge in [-0.2, -0.15) is 4.57 Å². The van der Waals surface area contributed by atoms with Crippen LogP contribution in [0.1, 0.15) is 39.5 Å². The van der Waals surface area contributed by atoms with Gasteiger partial charge in [0.2, 0.25) is 5.52 Å². The molecule has 0 aliphatic carbocycles. The van der Waals surface area contributed by atoms with Crippen LogP contribution in [0.15, 0.2) is 54.7 Å². The number of aromatic nitrogens is 1. The Morgan fingerprint density at radius 1 is 0.909 bits per heavy atom. The zero-order chi connectivity index (χ0) is 15.4. The van der Waals surface area contributed by atoms with E-state index in [1.165, 1.54) is 47.4 Å². The van der Waals surface area contributed by atoms with Gasteiger partial charge in [-0.05, 0) is 25.0 Å². The molecule has 3 rings (SSSR count). The molecule has 2 aromatic carbocycles. The predicted molar refractivity (Wildman–Crippen MR) is 95.0 cm³/mol. The molecule has 114 valence electrons. The highest BCUT2D eigenvalue weighted by Crippen LogP contribution is 2.23. The van der Waals surface area contributed by atoms with Crippen LogP contribution in [0.2, 0.25) is 0 Å². The van der Waals surface area contributed by atoms with E-state index in [-0.39, 0.29) is 0 Å². The minimum Gasteiger partial charge on any atom is -0.197 e. The number of hydrogen-bond acceptors (Lipinski definition) is 0. The van der Waals surface area contributed by atoms with Crippen LogP contribution in [0.3, 0.4) is 0 Å². The van der Waals surface area contributed by atoms with Crippen LogP contribution in [-0.2, 0) is 6.54 Å². The first-order valence-electron chi connectivity index (χ1n) is 8.63. The Labute approximate surface area is 133 Å². The first-order chi connectivity index (χ1) is 10.8. The molecule has 1 aromatic heterocycles. The molecule has 22 heavy (non-hydrogen) atoms. The lowest BCUT2D eigenvalue weighted by molar-refractivity contribution is -0.677. The monoisotopic (exact) mass is 292 g/mol. The third kappa shape index (κ3) is 2.99. The zero-order valence-corrected chi connectivity index (χ0v) is 13.8. The predicted octanol–water partition coefficient (Wildman–Crippen LogP) is 5.50. The van der Waals surface area contributed by atoms with Crippen molar-refractivity contribution in [3.8, 4) is 0 Å². The second-order valence-electron chi connectivity index (χ2n) is 6.30. The molecule has 1 heteroatoms. The van der Waals surface area contributed by atoms with Crippen molar-refractivity contribution >= 4 is 21.7 Å². The highest BCUT2D eigenvalue weighted by Gasteiger charge is 2.17. The second kappa shape index (κ2) is 6.91. The number of unbranched alkanes of at least 4 members (excludes halogenated alkanes) is 1. The fraction of sp³-hybridized carbons (Fsp3) is 0.381. The average molecular weight is 292 g/mol. The fourth-order valence-electron chi connectivity index (χ4n) is 3.39. The number of benzene rings is 2. The highest BCUT2D eigenvalue weighted by molar-refractivity contribution is 6.03. The number of rotatable bonds is 6. The molecule has 0 fully saturated rings. The minimum absolute atomic E-state index is 0.773. The molecule has 0 bridgehead atoms. The summed E-state index contributed by atoms with van der Waals surface area (Å²) < 4.78 is 2.47. The Morgan fingerprint density at radius 2 is 1.64 bits per heavy atom. The highest BCUT2D eigenvalue weighted by atomic mass is 14.9. The quantitative estimate of drug-likeness (QED) is 0.417. The number of para-hydroxylation sites is 1. The molecule has 0 aliphatic rings. The van der Waals surface area contributed by atoms with Gasteiger partial charge in [-0.1, -0.05) is 57.0 Å². The summed E-state index contributed by atoms with van der Waals surface area (Å²) in [7, 11) is 0. The summed E-state index contributed by atoms with van der Waals surface area (Å²) in [5.41, 5.74) is 1.36. The summed E-state index contributed by atoms with van der Waals surface area (Å²) in [4.78, 5) is 0. The van der Waals surface area contributed by atoms with E-state index in [1.54, 1.807) is 0 Å². The van der Waals surface area contributed by atoms with Crippen molar-refractivity contribution in [2.75, 3.05) is 0 Å². The molecule has 0 saturated carbocycles. The molecule has 1 heterocycles. The molecule has 1 nitrogen and oxygen atoms in total. The largest absolute Gasteiger partial charge is 0.213 e. The van der Waals surface area contributed by atoms with Crippen molar-refractivity contribution in [1.29, 1.82) is 0 Å². The summed E-state index contributed by atoms with van der Waals surface area (Å²) in [6, 6.07) is 17.5. The van der Waals surface area contributed by atoms with E-state index in [2.05, 4.69) is 73.1 Å². The summed E-state index contributed by atoms with van der Waals surface area (Å²) in [6.07, 6.45) is 7.56. The van der Waals surface area contributed by atoms with Gasteiger partial charge in [-0.3, -0.25) is 0 Å². The molecule has 0 amide bonds. The summed E-state index contributed by atoms with van der Waals surface area (Å²) in [5.74, 6) is 0.773. The molecule has 1 unspecified atom stereocenters. The Morgan fingerprint density at radius 3 is 2.41 bits per heavy atom. The van der Waals surface area contributed by atoms with Crippen molar-refractivity contribution < 1.29 is 4.57 Å². The van der Waals surface area contributed by atoms with E-state index in [9.17, 15) is 0 Å². The van der Waals surface area contributed by atoms with E-state index in [1.807, 2.05) is 0 Å². The smallest absolute Gasteiger partial charge is 0.197 e. The average Bonchev–Trinajstić information content (AvgIpc) is 2.58. The van der Waals surface area contributed by atoms with Crippen LogP contribution in [0.5, 0.6) is 0 Å². The topological polar surface area (TPSA) is 3.88 Å². The van der Waals surface area contributed by atoms with Gasteiger partial charge in [0.15, 0.2) is 12.7 Å². The van der Waals surface area contributed by atoms with Gasteiger partial charge in [0.25, 0.3) is 0 Å². The van der Waals surface area contributed by atoms with Gasteiger partial charge >= 0.3 is 0 Å². The van der Waals surface area contributed by atoms with E-state index < -0.39 is 0 Å². The molecule has 0 saturated heterocycles. The Kier molecular flexibility index (Phi) is 4.72. The lowest BCUT2D eigenvalue weighted by Crippen LogP contribution is -2.38. The molecular weight excluding hydrogens is 266 g/mol. The number of nitrogens with zero attached hydrogens (tertiary/aromatic N) is 1. The zero-order valence-electron chi connectivity index (χ0n) is 13.8. The van der Waals surface area contributed by atoms with Crippen LogP contribution < -0.4 is 4.57 Å². The maximum atomic E-state index is 2.47. The Bertz CT molecular complexity index is 760. The molecule has 0 radical (unpaired) electrons. The second-order valence-corrected chi connectivity index (χ2v) is 6.30. The Hall–Kier alpha value is -1.89. The standard InChI is InChI=1S/C21H26N/c1-3-5-10-17(4-2)15-22-16-18-11-6-7-12-19(18)20-13-8-9-14-21(20)22/h6-9,11-14,16-17H,3-5,10,15H2,1-2H3/q+1. The van der Waals surface area contributed by atoms with E-state index in [0.29, 0.717) is 0 Å². The number of hydrogen-bond donors (Lipinski definition) is 0. The van der Waals surface area contributed by atoms with Gasteiger partial charge in [0, 0.05) is 22.8 Å². The number of pyridine rings is 1. The van der Waals surface area contributed by atoms with Crippen LogP contribution in [-0.4, -0.2) is 0 Å². The molecule has 0 aliphatic heterocycles. The third-order valence-electron chi connectivity index (χ3n) is 4.76. The summed E-state index contributed by atoms with van der Waals surface area (Å²) >= 11 is 0. The van der Waals surface area contributed by atoms with Gasteiger partial charge in [0.1, 0.15) is 0 Å². The third-order valence-corrected chi connectivity index (χ3v) is 4.76. The maximum Gasteiger partial charge on any atom is 0.213 e. The van der Waals surface area contributed by atoms with Crippen molar-refractivity contribution in [3.63, 3.8) is 0 Å². The SMILES string of the molecule is CCCCC(CC)C[n+]1cc2ccccc2c2ccccc21. The fourth-order valence-corrected chi connectivity index (χ4v) is 3.39. The van der Waals surface area contributed by atoms with Crippen LogP contribution in [0.25, 0.3) is 21.7 Å². The van der Waals surface area contributed by atoms with E-state index >= 15 is 0 Å². The minimum atomic E-state index is 0.773. The Balaban J connectivity index is 2.07. The first kappa shape index (κ1) is 15.0. The van der Waals surface area contributed by atoms with Crippen LogP contribution in [0, 0.1) is 5.92 Å². The summed E-state index contributed by atoms with van der Waals surface area (Å²) in [5, 5.41) is 4.06. The van der Waals surface area contributed by atoms with Crippen LogP contribution >= 0.6 is 0 Å². The summed E-state index contributed by atoms with van der Waals surface area (Å²) in [6.45, 7) is 5.73. The van der Waals surface area contributed by atoms with Gasteiger partial charge in [-0.15, -0.1) is 0 Å². The van der Waals surface area contributed by atoms with Gasteiger partial charge in [-0.25, -0.2) is 0 Å². The van der Waals surface area contributed by atoms with Crippen molar-refractivity contribution in [2.24, 2.45) is 5.92 Å². The first-order valence-corrected chi connectivity index (χ1v) is 8.63. The van der Waals surface area contributed by atoms with Crippen LogP contribution in [0.4, 0.5) is 0 Å². The van der Waals surface area contributed by atoms with E-state index in [0.717, 1.165) is 12.5 Å². The van der Waals surface area contributed by atoms with Gasteiger partial charge in [0.05, 0.1) is 5.39 Å². The van der Waals surface area contributed by atoms with Crippen molar-refractivity contribution in [2.45, 2.75) is 46.1 Å². The van der Waals surface area contributed by atoms with Crippen molar-refractivity contribution in [3.05, 3.63) is 54.7 Å². The van der Waals surface area contributed by atoms with Crippen molar-refractivity contribution in [1.82, 2.24) is 0 Å². The lowest BCUT2D eigenvalue weighted by atomic mass is 9.98. The van der Waals surface area contributed by atoms with Gasteiger partial charge < -0.3 is 0 Å². The molecule has 0 spiro atoms. The molecule has 3 aromatic rings. The number of fused-ring (bicyclic) bond motifs is 3. The lowest BCUT2D eigenvalue weighted by Gasteiger charge is -2.13. The molecule has 0 N–H and O–H groups in total. The normalized spacial score (nSPS) is 12.8.